The molecule has 4 heteroatoms. The zero-order valence-electron chi connectivity index (χ0n) is 9.91. The summed E-state index contributed by atoms with van der Waals surface area (Å²) in [7, 11) is 0. The summed E-state index contributed by atoms with van der Waals surface area (Å²) in [6, 6.07) is 0.707. The molecule has 2 fully saturated rings. The number of rotatable bonds is 5. The van der Waals surface area contributed by atoms with Crippen LogP contribution in [0.4, 0.5) is 0 Å². The van der Waals surface area contributed by atoms with E-state index in [4.69, 9.17) is 10.9 Å². The summed E-state index contributed by atoms with van der Waals surface area (Å²) in [5.74, 6) is 0.378. The van der Waals surface area contributed by atoms with E-state index in [1.807, 2.05) is 0 Å². The Hall–Kier alpha value is -0.770. The summed E-state index contributed by atoms with van der Waals surface area (Å²) < 4.78 is 0. The molecule has 4 nitrogen and oxygen atoms in total. The predicted molar refractivity (Wildman–Crippen MR) is 64.6 cm³/mol. The summed E-state index contributed by atoms with van der Waals surface area (Å²) in [4.78, 5) is 0. The third-order valence-corrected chi connectivity index (χ3v) is 4.01. The minimum Gasteiger partial charge on any atom is -0.409 e. The van der Waals surface area contributed by atoms with Gasteiger partial charge in [-0.1, -0.05) is 24.4 Å². The average Bonchev–Trinajstić information content (AvgIpc) is 3.08. The van der Waals surface area contributed by atoms with Crippen molar-refractivity contribution in [2.24, 2.45) is 16.3 Å². The molecule has 16 heavy (non-hydrogen) atoms. The second-order valence-electron chi connectivity index (χ2n) is 5.48. The summed E-state index contributed by atoms with van der Waals surface area (Å²) >= 11 is 0. The topological polar surface area (TPSA) is 70.6 Å². The Morgan fingerprint density at radius 3 is 2.56 bits per heavy atom. The Kier molecular flexibility index (Phi) is 3.69. The van der Waals surface area contributed by atoms with Crippen LogP contribution >= 0.6 is 0 Å². The maximum Gasteiger partial charge on any atom is 0.139 e. The fraction of sp³-hybridized carbons (Fsp3) is 0.917. The Labute approximate surface area is 97.3 Å². The summed E-state index contributed by atoms with van der Waals surface area (Å²) in [6.45, 7) is 1.04. The third kappa shape index (κ3) is 3.11. The molecular weight excluding hydrogens is 202 g/mol. The second-order valence-corrected chi connectivity index (χ2v) is 5.48. The van der Waals surface area contributed by atoms with Gasteiger partial charge >= 0.3 is 0 Å². The van der Waals surface area contributed by atoms with Gasteiger partial charge in [0.25, 0.3) is 0 Å². The van der Waals surface area contributed by atoms with Crippen LogP contribution in [0.1, 0.15) is 51.4 Å². The van der Waals surface area contributed by atoms with Crippen molar-refractivity contribution in [3.8, 4) is 0 Å². The maximum atomic E-state index is 8.59. The van der Waals surface area contributed by atoms with Crippen LogP contribution in [-0.4, -0.2) is 23.6 Å². The van der Waals surface area contributed by atoms with Gasteiger partial charge in [-0.05, 0) is 31.1 Å². The zero-order valence-corrected chi connectivity index (χ0v) is 9.91. The summed E-state index contributed by atoms with van der Waals surface area (Å²) in [6.07, 6.45) is 9.93. The average molecular weight is 225 g/mol. The molecule has 2 rings (SSSR count). The first-order valence-electron chi connectivity index (χ1n) is 6.44. The summed E-state index contributed by atoms with van der Waals surface area (Å²) in [5.41, 5.74) is 5.88. The molecule has 0 heterocycles. The highest BCUT2D eigenvalue weighted by atomic mass is 16.4. The van der Waals surface area contributed by atoms with Crippen LogP contribution < -0.4 is 11.1 Å². The molecule has 0 aromatic carbocycles. The van der Waals surface area contributed by atoms with Crippen LogP contribution in [0.3, 0.4) is 0 Å². The van der Waals surface area contributed by atoms with Crippen LogP contribution in [0.25, 0.3) is 0 Å². The molecule has 2 saturated carbocycles. The molecule has 0 amide bonds. The fourth-order valence-corrected chi connectivity index (χ4v) is 2.68. The predicted octanol–water partition coefficient (Wildman–Crippen LogP) is 1.83. The molecule has 0 radical (unpaired) electrons. The second kappa shape index (κ2) is 5.04. The van der Waals surface area contributed by atoms with Crippen LogP contribution in [0.5, 0.6) is 0 Å². The number of oxime groups is 1. The number of amidine groups is 1. The lowest BCUT2D eigenvalue weighted by Crippen LogP contribution is -2.36. The van der Waals surface area contributed by atoms with E-state index in [0.717, 1.165) is 13.0 Å². The van der Waals surface area contributed by atoms with Crippen LogP contribution in [0.2, 0.25) is 0 Å². The molecule has 0 saturated heterocycles. The van der Waals surface area contributed by atoms with Crippen molar-refractivity contribution in [1.82, 2.24) is 5.32 Å². The lowest BCUT2D eigenvalue weighted by atomic mass is 9.94. The molecule has 2 aliphatic rings. The van der Waals surface area contributed by atoms with Crippen molar-refractivity contribution in [3.63, 3.8) is 0 Å². The van der Waals surface area contributed by atoms with Gasteiger partial charge in [-0.3, -0.25) is 0 Å². The van der Waals surface area contributed by atoms with Crippen LogP contribution in [0.15, 0.2) is 5.16 Å². The molecule has 2 aliphatic carbocycles. The Balaban J connectivity index is 1.72. The first-order chi connectivity index (χ1) is 7.74. The van der Waals surface area contributed by atoms with Gasteiger partial charge in [-0.25, -0.2) is 0 Å². The van der Waals surface area contributed by atoms with Crippen molar-refractivity contribution in [3.05, 3.63) is 0 Å². The Morgan fingerprint density at radius 1 is 1.31 bits per heavy atom. The highest BCUT2D eigenvalue weighted by Gasteiger charge is 2.43. The van der Waals surface area contributed by atoms with E-state index >= 15 is 0 Å². The molecule has 0 atom stereocenters. The Bertz CT molecular complexity index is 255. The van der Waals surface area contributed by atoms with Gasteiger partial charge in [0.2, 0.25) is 0 Å². The first kappa shape index (κ1) is 11.7. The zero-order chi connectivity index (χ0) is 11.4. The molecule has 0 unspecified atom stereocenters. The number of nitrogens with two attached hydrogens (primary N) is 1. The Morgan fingerprint density at radius 2 is 2.00 bits per heavy atom. The molecule has 4 N–H and O–H groups in total. The van der Waals surface area contributed by atoms with Crippen molar-refractivity contribution in [1.29, 1.82) is 0 Å². The van der Waals surface area contributed by atoms with Gasteiger partial charge in [0, 0.05) is 19.0 Å². The fourth-order valence-electron chi connectivity index (χ4n) is 2.68. The minimum atomic E-state index is 0.299. The highest BCUT2D eigenvalue weighted by Crippen LogP contribution is 2.48. The smallest absolute Gasteiger partial charge is 0.139 e. The standard InChI is InChI=1S/C12H23N3O/c13-11(15-16)8-12(6-7-12)9-14-10-4-2-1-3-5-10/h10,14,16H,1-9H2,(H2,13,15). The number of nitrogens with zero attached hydrogens (tertiary/aromatic N) is 1. The van der Waals surface area contributed by atoms with Gasteiger partial charge in [-0.2, -0.15) is 0 Å². The number of hydrogen-bond acceptors (Lipinski definition) is 3. The lowest BCUT2D eigenvalue weighted by molar-refractivity contribution is 0.311. The van der Waals surface area contributed by atoms with Gasteiger partial charge in [0.05, 0.1) is 0 Å². The molecule has 0 aliphatic heterocycles. The van der Waals surface area contributed by atoms with Gasteiger partial charge in [0.15, 0.2) is 0 Å². The normalized spacial score (nSPS) is 25.6. The number of nitrogens with one attached hydrogen (secondary N) is 1. The number of hydrogen-bond donors (Lipinski definition) is 3. The van der Waals surface area contributed by atoms with Crippen LogP contribution in [-0.2, 0) is 0 Å². The maximum absolute atomic E-state index is 8.59. The monoisotopic (exact) mass is 225 g/mol. The van der Waals surface area contributed by atoms with E-state index in [1.54, 1.807) is 0 Å². The molecular formula is C12H23N3O. The molecule has 0 aromatic heterocycles. The van der Waals surface area contributed by atoms with E-state index in [1.165, 1.54) is 44.9 Å². The quantitative estimate of drug-likeness (QED) is 0.289. The molecule has 92 valence electrons. The van der Waals surface area contributed by atoms with Gasteiger partial charge < -0.3 is 16.3 Å². The molecule has 0 spiro atoms. The van der Waals surface area contributed by atoms with E-state index in [9.17, 15) is 0 Å². The van der Waals surface area contributed by atoms with E-state index in [2.05, 4.69) is 10.5 Å². The highest BCUT2D eigenvalue weighted by molar-refractivity contribution is 5.80. The van der Waals surface area contributed by atoms with Crippen molar-refractivity contribution in [2.45, 2.75) is 57.4 Å². The lowest BCUT2D eigenvalue weighted by Gasteiger charge is -2.25. The molecule has 0 aromatic rings. The van der Waals surface area contributed by atoms with Crippen molar-refractivity contribution >= 4 is 5.84 Å². The van der Waals surface area contributed by atoms with E-state index in [-0.39, 0.29) is 0 Å². The first-order valence-corrected chi connectivity index (χ1v) is 6.44. The van der Waals surface area contributed by atoms with E-state index < -0.39 is 0 Å². The van der Waals surface area contributed by atoms with Crippen LogP contribution in [0, 0.1) is 5.41 Å². The summed E-state index contributed by atoms with van der Waals surface area (Å²) in [5, 5.41) is 15.3. The van der Waals surface area contributed by atoms with Crippen molar-refractivity contribution in [2.75, 3.05) is 6.54 Å². The molecule has 0 bridgehead atoms. The third-order valence-electron chi connectivity index (χ3n) is 4.01. The van der Waals surface area contributed by atoms with E-state index in [0.29, 0.717) is 17.3 Å². The largest absolute Gasteiger partial charge is 0.409 e. The minimum absolute atomic E-state index is 0.299. The van der Waals surface area contributed by atoms with Gasteiger partial charge in [0.1, 0.15) is 5.84 Å². The van der Waals surface area contributed by atoms with Crippen molar-refractivity contribution < 1.29 is 5.21 Å². The SMILES string of the molecule is NC(CC1(CNC2CCCCC2)CC1)=NO. The van der Waals surface area contributed by atoms with Gasteiger partial charge in [-0.15, -0.1) is 0 Å².